The van der Waals surface area contributed by atoms with Gasteiger partial charge in [0.1, 0.15) is 0 Å². The Hall–Kier alpha value is -1.03. The number of hydrogen-bond acceptors (Lipinski definition) is 3. The molecule has 4 heteroatoms. The maximum absolute atomic E-state index is 11.4. The molecule has 0 fully saturated rings. The number of benzene rings is 1. The third-order valence-corrected chi connectivity index (χ3v) is 3.12. The molecule has 0 aliphatic carbocycles. The molecule has 1 N–H and O–H groups in total. The average Bonchev–Trinajstić information content (AvgIpc) is 2.23. The normalized spacial score (nSPS) is 12.1. The largest absolute Gasteiger partial charge is 0.466 e. The van der Waals surface area contributed by atoms with Gasteiger partial charge in [-0.25, -0.2) is 0 Å². The fraction of sp³-hybridized carbons (Fsp3) is 0.500. The van der Waals surface area contributed by atoms with E-state index >= 15 is 0 Å². The minimum absolute atomic E-state index is 0.0580. The van der Waals surface area contributed by atoms with Crippen molar-refractivity contribution >= 4 is 27.6 Å². The van der Waals surface area contributed by atoms with Crippen molar-refractivity contribution in [2.45, 2.75) is 40.2 Å². The van der Waals surface area contributed by atoms with Gasteiger partial charge in [-0.2, -0.15) is 0 Å². The number of anilines is 1. The molecule has 0 aliphatic heterocycles. The van der Waals surface area contributed by atoms with E-state index in [9.17, 15) is 4.79 Å². The maximum atomic E-state index is 11.4. The molecular formula is C14H20BrNO2. The first-order valence-electron chi connectivity index (χ1n) is 6.13. The highest BCUT2D eigenvalue weighted by molar-refractivity contribution is 9.10. The number of ether oxygens (including phenoxy) is 1. The molecule has 0 spiro atoms. The molecule has 1 aromatic carbocycles. The van der Waals surface area contributed by atoms with Crippen LogP contribution in [0.3, 0.4) is 0 Å². The van der Waals surface area contributed by atoms with Crippen molar-refractivity contribution in [2.75, 3.05) is 11.9 Å². The lowest BCUT2D eigenvalue weighted by Gasteiger charge is -2.18. The molecule has 0 aliphatic rings. The molecule has 1 rings (SSSR count). The minimum atomic E-state index is -0.162. The Morgan fingerprint density at radius 3 is 2.44 bits per heavy atom. The first kappa shape index (κ1) is 15.0. The molecule has 1 unspecified atom stereocenters. The van der Waals surface area contributed by atoms with Gasteiger partial charge in [0.05, 0.1) is 13.0 Å². The Morgan fingerprint density at radius 2 is 1.94 bits per heavy atom. The molecule has 1 atom stereocenters. The van der Waals surface area contributed by atoms with Crippen molar-refractivity contribution in [1.29, 1.82) is 0 Å². The Bertz CT molecular complexity index is 409. The molecule has 0 aromatic heterocycles. The van der Waals surface area contributed by atoms with Gasteiger partial charge in [-0.1, -0.05) is 15.9 Å². The van der Waals surface area contributed by atoms with Crippen LogP contribution < -0.4 is 5.32 Å². The first-order valence-corrected chi connectivity index (χ1v) is 6.92. The summed E-state index contributed by atoms with van der Waals surface area (Å²) in [6.45, 7) is 8.34. The van der Waals surface area contributed by atoms with Crippen molar-refractivity contribution in [1.82, 2.24) is 0 Å². The van der Waals surface area contributed by atoms with Gasteiger partial charge in [0.25, 0.3) is 0 Å². The van der Waals surface area contributed by atoms with Gasteiger partial charge in [0.2, 0.25) is 0 Å². The molecule has 0 bridgehead atoms. The predicted octanol–water partition coefficient (Wildman–Crippen LogP) is 3.82. The van der Waals surface area contributed by atoms with Crippen LogP contribution in [0.4, 0.5) is 5.69 Å². The minimum Gasteiger partial charge on any atom is -0.466 e. The second-order valence-corrected chi connectivity index (χ2v) is 5.38. The standard InChI is InChI=1S/C14H20BrNO2/c1-5-18-13(17)8-11(4)16-14-9(2)6-12(15)7-10(14)3/h6-7,11,16H,5,8H2,1-4H3. The van der Waals surface area contributed by atoms with E-state index < -0.39 is 0 Å². The number of rotatable bonds is 5. The van der Waals surface area contributed by atoms with Crippen molar-refractivity contribution in [3.05, 3.63) is 27.7 Å². The third kappa shape index (κ3) is 4.33. The van der Waals surface area contributed by atoms with Gasteiger partial charge in [-0.05, 0) is 51.0 Å². The predicted molar refractivity (Wildman–Crippen MR) is 78.0 cm³/mol. The van der Waals surface area contributed by atoms with E-state index in [1.807, 2.05) is 13.8 Å². The summed E-state index contributed by atoms with van der Waals surface area (Å²) < 4.78 is 6.01. The van der Waals surface area contributed by atoms with Gasteiger partial charge in [0, 0.05) is 16.2 Å². The number of halogens is 1. The first-order chi connectivity index (χ1) is 8.43. The lowest BCUT2D eigenvalue weighted by atomic mass is 10.1. The second kappa shape index (κ2) is 6.78. The molecule has 0 saturated carbocycles. The summed E-state index contributed by atoms with van der Waals surface area (Å²) >= 11 is 3.47. The van der Waals surface area contributed by atoms with Gasteiger partial charge in [-0.15, -0.1) is 0 Å². The van der Waals surface area contributed by atoms with Gasteiger partial charge >= 0.3 is 5.97 Å². The van der Waals surface area contributed by atoms with Crippen molar-refractivity contribution in [2.24, 2.45) is 0 Å². The van der Waals surface area contributed by atoms with Crippen molar-refractivity contribution in [3.63, 3.8) is 0 Å². The molecule has 0 heterocycles. The fourth-order valence-electron chi connectivity index (χ4n) is 1.91. The zero-order chi connectivity index (χ0) is 13.7. The zero-order valence-corrected chi connectivity index (χ0v) is 12.9. The number of aryl methyl sites for hydroxylation is 2. The topological polar surface area (TPSA) is 38.3 Å². The molecule has 3 nitrogen and oxygen atoms in total. The highest BCUT2D eigenvalue weighted by Crippen LogP contribution is 2.26. The zero-order valence-electron chi connectivity index (χ0n) is 11.3. The van der Waals surface area contributed by atoms with Crippen LogP contribution in [0.25, 0.3) is 0 Å². The van der Waals surface area contributed by atoms with Gasteiger partial charge < -0.3 is 10.1 Å². The summed E-state index contributed by atoms with van der Waals surface area (Å²) in [4.78, 5) is 11.4. The molecule has 0 radical (unpaired) electrons. The Labute approximate surface area is 117 Å². The van der Waals surface area contributed by atoms with E-state index in [1.165, 1.54) is 0 Å². The quantitative estimate of drug-likeness (QED) is 0.840. The lowest BCUT2D eigenvalue weighted by Crippen LogP contribution is -2.22. The average molecular weight is 314 g/mol. The molecular weight excluding hydrogens is 294 g/mol. The van der Waals surface area contributed by atoms with Crippen LogP contribution >= 0.6 is 15.9 Å². The number of esters is 1. The molecule has 0 amide bonds. The van der Waals surface area contributed by atoms with Crippen LogP contribution in [0.5, 0.6) is 0 Å². The smallest absolute Gasteiger partial charge is 0.307 e. The van der Waals surface area contributed by atoms with Gasteiger partial charge in [0.15, 0.2) is 0 Å². The van der Waals surface area contributed by atoms with Crippen LogP contribution in [-0.4, -0.2) is 18.6 Å². The van der Waals surface area contributed by atoms with E-state index in [0.29, 0.717) is 13.0 Å². The Kier molecular flexibility index (Phi) is 5.66. The van der Waals surface area contributed by atoms with Crippen LogP contribution in [0.2, 0.25) is 0 Å². The summed E-state index contributed by atoms with van der Waals surface area (Å²) in [6.07, 6.45) is 0.378. The second-order valence-electron chi connectivity index (χ2n) is 4.47. The fourth-order valence-corrected chi connectivity index (χ4v) is 2.59. The van der Waals surface area contributed by atoms with Crippen LogP contribution in [0.15, 0.2) is 16.6 Å². The summed E-state index contributed by atoms with van der Waals surface area (Å²) in [5.74, 6) is -0.162. The van der Waals surface area contributed by atoms with E-state index in [0.717, 1.165) is 21.3 Å². The monoisotopic (exact) mass is 313 g/mol. The maximum Gasteiger partial charge on any atom is 0.307 e. The number of carbonyl (C=O) groups excluding carboxylic acids is 1. The Balaban J connectivity index is 2.70. The number of hydrogen-bond donors (Lipinski definition) is 1. The van der Waals surface area contributed by atoms with Crippen molar-refractivity contribution in [3.8, 4) is 0 Å². The summed E-state index contributed by atoms with van der Waals surface area (Å²) in [6, 6.07) is 4.18. The van der Waals surface area contributed by atoms with Crippen LogP contribution in [0, 0.1) is 13.8 Å². The molecule has 18 heavy (non-hydrogen) atoms. The summed E-state index contributed by atoms with van der Waals surface area (Å²) in [5, 5.41) is 3.37. The summed E-state index contributed by atoms with van der Waals surface area (Å²) in [7, 11) is 0. The van der Waals surface area contributed by atoms with E-state index in [4.69, 9.17) is 4.74 Å². The molecule has 100 valence electrons. The van der Waals surface area contributed by atoms with Crippen molar-refractivity contribution < 1.29 is 9.53 Å². The van der Waals surface area contributed by atoms with E-state index in [1.54, 1.807) is 0 Å². The van der Waals surface area contributed by atoms with E-state index in [-0.39, 0.29) is 12.0 Å². The van der Waals surface area contributed by atoms with Crippen LogP contribution in [0.1, 0.15) is 31.4 Å². The summed E-state index contributed by atoms with van der Waals surface area (Å²) in [5.41, 5.74) is 3.42. The SMILES string of the molecule is CCOC(=O)CC(C)Nc1c(C)cc(Br)cc1C. The molecule has 1 aromatic rings. The number of nitrogens with one attached hydrogen (secondary N) is 1. The third-order valence-electron chi connectivity index (χ3n) is 2.67. The Morgan fingerprint density at radius 1 is 1.39 bits per heavy atom. The van der Waals surface area contributed by atoms with Crippen LogP contribution in [-0.2, 0) is 9.53 Å². The van der Waals surface area contributed by atoms with E-state index in [2.05, 4.69) is 47.2 Å². The van der Waals surface area contributed by atoms with Gasteiger partial charge in [-0.3, -0.25) is 4.79 Å². The molecule has 0 saturated heterocycles. The highest BCUT2D eigenvalue weighted by Gasteiger charge is 2.12. The number of carbonyl (C=O) groups is 1. The highest BCUT2D eigenvalue weighted by atomic mass is 79.9. The lowest BCUT2D eigenvalue weighted by molar-refractivity contribution is -0.143.